The topological polar surface area (TPSA) is 123 Å². The number of hydrogen-bond donors (Lipinski definition) is 2. The summed E-state index contributed by atoms with van der Waals surface area (Å²) in [5.74, 6) is -0.393. The number of hydrogen-bond acceptors (Lipinski definition) is 6. The van der Waals surface area contributed by atoms with E-state index in [0.717, 1.165) is 12.7 Å². The van der Waals surface area contributed by atoms with Crippen molar-refractivity contribution in [2.24, 2.45) is 11.3 Å². The van der Waals surface area contributed by atoms with Crippen LogP contribution in [-0.4, -0.2) is 80.5 Å². The number of rotatable bonds is 10. The number of allylic oxidation sites excluding steroid dienone is 4. The highest BCUT2D eigenvalue weighted by Crippen LogP contribution is 2.50. The average molecular weight is 558 g/mol. The van der Waals surface area contributed by atoms with Gasteiger partial charge in [-0.15, -0.1) is 0 Å². The molecule has 210 valence electrons. The molecular formula is C28H36FN5O4S. The zero-order valence-corrected chi connectivity index (χ0v) is 23.2. The molecule has 11 heteroatoms. The van der Waals surface area contributed by atoms with E-state index in [1.165, 1.54) is 4.31 Å². The Morgan fingerprint density at radius 3 is 2.49 bits per heavy atom. The van der Waals surface area contributed by atoms with Crippen LogP contribution in [0.5, 0.6) is 0 Å². The van der Waals surface area contributed by atoms with Crippen LogP contribution in [0.3, 0.4) is 0 Å². The van der Waals surface area contributed by atoms with Gasteiger partial charge >= 0.3 is 0 Å². The highest BCUT2D eigenvalue weighted by Gasteiger charge is 2.48. The fraction of sp³-hybridized carbons (Fsp3) is 0.536. The lowest BCUT2D eigenvalue weighted by molar-refractivity contribution is -0.134. The lowest BCUT2D eigenvalue weighted by Gasteiger charge is -2.35. The van der Waals surface area contributed by atoms with Crippen LogP contribution in [0.1, 0.15) is 48.5 Å². The normalized spacial score (nSPS) is 25.9. The van der Waals surface area contributed by atoms with Crippen molar-refractivity contribution >= 4 is 21.8 Å². The van der Waals surface area contributed by atoms with Crippen molar-refractivity contribution in [2.45, 2.75) is 44.7 Å². The average Bonchev–Trinajstić information content (AvgIpc) is 3.72. The van der Waals surface area contributed by atoms with E-state index in [1.807, 2.05) is 12.1 Å². The quantitative estimate of drug-likeness (QED) is 0.426. The van der Waals surface area contributed by atoms with Gasteiger partial charge < -0.3 is 15.5 Å². The van der Waals surface area contributed by atoms with Crippen LogP contribution in [0, 0.1) is 22.7 Å². The third-order valence-electron chi connectivity index (χ3n) is 7.97. The molecule has 0 radical (unpaired) electrons. The standard InChI is InChI=1S/C28H36FN5O4S/c1-28(11-9-22(29)10-12-28)23-18-25(23)31-13-3-4-24(32-26(35)21-7-5-20(19-30)6-8-21)27(36)33-14-16-34(17-15-33)39(2,37)38/h5-11,23-25,31H,3-4,12-18H2,1-2H3,(H,32,35)/t23-,24+,25-,28?/m1/s1. The zero-order valence-electron chi connectivity index (χ0n) is 22.4. The van der Waals surface area contributed by atoms with Crippen molar-refractivity contribution in [1.82, 2.24) is 19.8 Å². The number of nitriles is 1. The molecule has 0 spiro atoms. The molecule has 1 saturated heterocycles. The number of sulfonamides is 1. The summed E-state index contributed by atoms with van der Waals surface area (Å²) in [6.45, 7) is 3.78. The van der Waals surface area contributed by atoms with E-state index in [-0.39, 0.29) is 43.3 Å². The van der Waals surface area contributed by atoms with Crippen molar-refractivity contribution in [2.75, 3.05) is 39.0 Å². The molecule has 2 fully saturated rings. The van der Waals surface area contributed by atoms with Crippen molar-refractivity contribution in [3.63, 3.8) is 0 Å². The van der Waals surface area contributed by atoms with Crippen LogP contribution in [0.15, 0.2) is 48.3 Å². The van der Waals surface area contributed by atoms with E-state index in [4.69, 9.17) is 5.26 Å². The highest BCUT2D eigenvalue weighted by molar-refractivity contribution is 7.88. The van der Waals surface area contributed by atoms with Crippen LogP contribution >= 0.6 is 0 Å². The molecule has 2 aliphatic carbocycles. The largest absolute Gasteiger partial charge is 0.340 e. The first-order valence-electron chi connectivity index (χ1n) is 13.3. The Morgan fingerprint density at radius 1 is 1.21 bits per heavy atom. The number of carbonyl (C=O) groups excluding carboxylic acids is 2. The molecule has 1 aromatic rings. The molecule has 0 bridgehead atoms. The van der Waals surface area contributed by atoms with Crippen LogP contribution < -0.4 is 10.6 Å². The van der Waals surface area contributed by atoms with Crippen molar-refractivity contribution in [3.05, 3.63) is 59.4 Å². The SMILES string of the molecule is CC1([C@@H]2C[C@H]2NCCC[C@H](NC(=O)c2ccc(C#N)cc2)C(=O)N2CCN(S(C)(=O)=O)CC2)C=CC(F)=CC1. The first-order chi connectivity index (χ1) is 18.5. The number of benzene rings is 1. The van der Waals surface area contributed by atoms with Gasteiger partial charge in [0.15, 0.2) is 0 Å². The van der Waals surface area contributed by atoms with E-state index < -0.39 is 22.0 Å². The van der Waals surface area contributed by atoms with Crippen LogP contribution in [0.2, 0.25) is 0 Å². The summed E-state index contributed by atoms with van der Waals surface area (Å²) in [7, 11) is -3.33. The van der Waals surface area contributed by atoms with Crippen LogP contribution in [-0.2, 0) is 14.8 Å². The molecule has 1 heterocycles. The van der Waals surface area contributed by atoms with E-state index in [9.17, 15) is 22.4 Å². The predicted molar refractivity (Wildman–Crippen MR) is 146 cm³/mol. The summed E-state index contributed by atoms with van der Waals surface area (Å²) in [6.07, 6.45) is 9.06. The van der Waals surface area contributed by atoms with E-state index >= 15 is 0 Å². The Balaban J connectivity index is 1.33. The molecule has 9 nitrogen and oxygen atoms in total. The maximum Gasteiger partial charge on any atom is 0.251 e. The Morgan fingerprint density at radius 2 is 1.90 bits per heavy atom. The molecule has 3 aliphatic rings. The minimum absolute atomic E-state index is 0.0606. The number of amides is 2. The first-order valence-corrected chi connectivity index (χ1v) is 15.2. The maximum atomic E-state index is 13.4. The third kappa shape index (κ3) is 7.32. The fourth-order valence-corrected chi connectivity index (χ4v) is 6.22. The van der Waals surface area contributed by atoms with Crippen LogP contribution in [0.4, 0.5) is 4.39 Å². The van der Waals surface area contributed by atoms with Crippen molar-refractivity contribution < 1.29 is 22.4 Å². The first kappa shape index (κ1) is 28.9. The van der Waals surface area contributed by atoms with Gasteiger partial charge in [0.1, 0.15) is 11.9 Å². The fourth-order valence-electron chi connectivity index (χ4n) is 5.40. The van der Waals surface area contributed by atoms with Gasteiger partial charge in [-0.2, -0.15) is 9.57 Å². The smallest absolute Gasteiger partial charge is 0.251 e. The van der Waals surface area contributed by atoms with Crippen molar-refractivity contribution in [1.29, 1.82) is 5.26 Å². The molecule has 4 atom stereocenters. The van der Waals surface area contributed by atoms with E-state index in [0.29, 0.717) is 48.9 Å². The van der Waals surface area contributed by atoms with Crippen molar-refractivity contribution in [3.8, 4) is 6.07 Å². The lowest BCUT2D eigenvalue weighted by atomic mass is 9.78. The second-order valence-electron chi connectivity index (χ2n) is 10.9. The second kappa shape index (κ2) is 12.0. The minimum atomic E-state index is -3.33. The van der Waals surface area contributed by atoms with Gasteiger partial charge in [-0.1, -0.05) is 13.0 Å². The molecule has 1 aromatic carbocycles. The summed E-state index contributed by atoms with van der Waals surface area (Å²) < 4.78 is 38.4. The summed E-state index contributed by atoms with van der Waals surface area (Å²) in [6, 6.07) is 7.80. The van der Waals surface area contributed by atoms with Gasteiger partial charge in [0.2, 0.25) is 15.9 Å². The Kier molecular flexibility index (Phi) is 8.89. The highest BCUT2D eigenvalue weighted by atomic mass is 32.2. The summed E-state index contributed by atoms with van der Waals surface area (Å²) in [5.41, 5.74) is 0.729. The maximum absolute atomic E-state index is 13.4. The van der Waals surface area contributed by atoms with E-state index in [2.05, 4.69) is 17.6 Å². The molecule has 1 unspecified atom stereocenters. The van der Waals surface area contributed by atoms with Gasteiger partial charge in [0.25, 0.3) is 5.91 Å². The van der Waals surface area contributed by atoms with Gasteiger partial charge in [-0.3, -0.25) is 9.59 Å². The number of carbonyl (C=O) groups is 2. The Hall–Kier alpha value is -3.07. The zero-order chi connectivity index (χ0) is 28.2. The molecule has 1 aliphatic heterocycles. The Bertz CT molecular complexity index is 1280. The predicted octanol–water partition coefficient (Wildman–Crippen LogP) is 2.34. The van der Waals surface area contributed by atoms with Crippen LogP contribution in [0.25, 0.3) is 0 Å². The molecular weight excluding hydrogens is 521 g/mol. The molecule has 2 amide bonds. The number of nitrogens with zero attached hydrogens (tertiary/aromatic N) is 3. The van der Waals surface area contributed by atoms with E-state index in [1.54, 1.807) is 41.3 Å². The number of piperazine rings is 1. The Labute approximate surface area is 229 Å². The number of halogens is 1. The molecule has 0 aromatic heterocycles. The summed E-state index contributed by atoms with van der Waals surface area (Å²) >= 11 is 0. The summed E-state index contributed by atoms with van der Waals surface area (Å²) in [4.78, 5) is 28.0. The monoisotopic (exact) mass is 557 g/mol. The lowest BCUT2D eigenvalue weighted by Crippen LogP contribution is -2.55. The molecule has 4 rings (SSSR count). The van der Waals surface area contributed by atoms with Gasteiger partial charge in [0.05, 0.1) is 17.9 Å². The number of nitrogens with one attached hydrogen (secondary N) is 2. The second-order valence-corrected chi connectivity index (χ2v) is 12.9. The summed E-state index contributed by atoms with van der Waals surface area (Å²) in [5, 5.41) is 15.4. The molecule has 39 heavy (non-hydrogen) atoms. The molecule has 1 saturated carbocycles. The van der Waals surface area contributed by atoms with Gasteiger partial charge in [0, 0.05) is 37.8 Å². The van der Waals surface area contributed by atoms with Gasteiger partial charge in [-0.05, 0) is 80.0 Å². The van der Waals surface area contributed by atoms with Gasteiger partial charge in [-0.25, -0.2) is 12.8 Å². The minimum Gasteiger partial charge on any atom is -0.340 e. The molecule has 2 N–H and O–H groups in total. The third-order valence-corrected chi connectivity index (χ3v) is 9.28.